The van der Waals surface area contributed by atoms with Crippen LogP contribution in [-0.4, -0.2) is 10.9 Å². The molecule has 0 heterocycles. The SMILES string of the molecule is CC(=O)OC(C)(C)S. The molecule has 0 aliphatic heterocycles. The molecule has 8 heavy (non-hydrogen) atoms. The van der Waals surface area contributed by atoms with Crippen LogP contribution in [0.5, 0.6) is 0 Å². The standard InChI is InChI=1S/C5H10O2S/c1-4(6)7-5(2,3)8/h8H,1-3H3. The minimum Gasteiger partial charge on any atom is -0.449 e. The van der Waals surface area contributed by atoms with E-state index < -0.39 is 4.93 Å². The van der Waals surface area contributed by atoms with E-state index in [1.165, 1.54) is 6.92 Å². The lowest BCUT2D eigenvalue weighted by Crippen LogP contribution is -2.18. The molecule has 0 fully saturated rings. The summed E-state index contributed by atoms with van der Waals surface area (Å²) in [7, 11) is 0. The zero-order chi connectivity index (χ0) is 6.78. The van der Waals surface area contributed by atoms with Crippen LogP contribution in [0.25, 0.3) is 0 Å². The topological polar surface area (TPSA) is 26.3 Å². The largest absolute Gasteiger partial charge is 0.449 e. The van der Waals surface area contributed by atoms with Crippen molar-refractivity contribution >= 4 is 18.6 Å². The predicted octanol–water partition coefficient (Wildman–Crippen LogP) is 1.22. The molecule has 0 aromatic carbocycles. The number of hydrogen-bond acceptors (Lipinski definition) is 3. The molecule has 0 amide bonds. The highest BCUT2D eigenvalue weighted by atomic mass is 32.1. The van der Waals surface area contributed by atoms with E-state index in [-0.39, 0.29) is 5.97 Å². The third-order valence-electron chi connectivity index (χ3n) is 0.393. The summed E-state index contributed by atoms with van der Waals surface area (Å²) < 4.78 is 4.66. The second-order valence-corrected chi connectivity index (χ2v) is 3.12. The van der Waals surface area contributed by atoms with E-state index in [0.29, 0.717) is 0 Å². The van der Waals surface area contributed by atoms with Crippen LogP contribution in [0.1, 0.15) is 20.8 Å². The number of rotatable bonds is 1. The fourth-order valence-electron chi connectivity index (χ4n) is 0.352. The quantitative estimate of drug-likeness (QED) is 0.331. The van der Waals surface area contributed by atoms with Crippen molar-refractivity contribution in [1.82, 2.24) is 0 Å². The Morgan fingerprint density at radius 1 is 1.62 bits per heavy atom. The fourth-order valence-corrected chi connectivity index (χ4v) is 0.480. The van der Waals surface area contributed by atoms with Crippen LogP contribution in [0.3, 0.4) is 0 Å². The molecule has 0 aliphatic carbocycles. The van der Waals surface area contributed by atoms with Gasteiger partial charge in [-0.3, -0.25) is 4.79 Å². The summed E-state index contributed by atoms with van der Waals surface area (Å²) in [4.78, 5) is 9.56. The van der Waals surface area contributed by atoms with Gasteiger partial charge in [0, 0.05) is 6.92 Å². The molecule has 0 spiro atoms. The Morgan fingerprint density at radius 3 is 2.00 bits per heavy atom. The van der Waals surface area contributed by atoms with Gasteiger partial charge in [-0.25, -0.2) is 0 Å². The molecule has 0 atom stereocenters. The second-order valence-electron chi connectivity index (χ2n) is 2.04. The van der Waals surface area contributed by atoms with E-state index >= 15 is 0 Å². The maximum atomic E-state index is 10.2. The predicted molar refractivity (Wildman–Crippen MR) is 34.8 cm³/mol. The molecule has 0 unspecified atom stereocenters. The molecule has 0 aromatic rings. The minimum atomic E-state index is -0.633. The van der Waals surface area contributed by atoms with E-state index in [2.05, 4.69) is 17.4 Å². The van der Waals surface area contributed by atoms with Crippen molar-refractivity contribution in [3.05, 3.63) is 0 Å². The van der Waals surface area contributed by atoms with Crippen molar-refractivity contribution in [3.63, 3.8) is 0 Å². The monoisotopic (exact) mass is 134 g/mol. The maximum absolute atomic E-state index is 10.2. The third kappa shape index (κ3) is 5.82. The molecule has 0 rings (SSSR count). The summed E-state index contributed by atoms with van der Waals surface area (Å²) in [6.07, 6.45) is 0. The molecule has 2 nitrogen and oxygen atoms in total. The Morgan fingerprint density at radius 2 is 2.00 bits per heavy atom. The summed E-state index contributed by atoms with van der Waals surface area (Å²) >= 11 is 3.95. The fraction of sp³-hybridized carbons (Fsp3) is 0.800. The molecule has 3 heteroatoms. The van der Waals surface area contributed by atoms with Crippen molar-refractivity contribution in [1.29, 1.82) is 0 Å². The van der Waals surface area contributed by atoms with Crippen LogP contribution in [0.4, 0.5) is 0 Å². The smallest absolute Gasteiger partial charge is 0.303 e. The lowest BCUT2D eigenvalue weighted by molar-refractivity contribution is -0.146. The number of carbonyl (C=O) groups excluding carboxylic acids is 1. The Kier molecular flexibility index (Phi) is 2.34. The van der Waals surface area contributed by atoms with Crippen LogP contribution in [-0.2, 0) is 9.53 Å². The number of ether oxygens (including phenoxy) is 1. The van der Waals surface area contributed by atoms with E-state index in [1.54, 1.807) is 13.8 Å². The highest BCUT2D eigenvalue weighted by molar-refractivity contribution is 7.81. The average Bonchev–Trinajstić information content (AvgIpc) is 1.21. The molecule has 0 saturated heterocycles. The number of hydrogen-bond donors (Lipinski definition) is 1. The first kappa shape index (κ1) is 7.82. The van der Waals surface area contributed by atoms with Gasteiger partial charge in [-0.2, -0.15) is 0 Å². The van der Waals surface area contributed by atoms with Gasteiger partial charge >= 0.3 is 5.97 Å². The third-order valence-corrected chi connectivity index (χ3v) is 0.485. The van der Waals surface area contributed by atoms with Crippen LogP contribution < -0.4 is 0 Å². The van der Waals surface area contributed by atoms with Crippen molar-refractivity contribution in [2.75, 3.05) is 0 Å². The molecular formula is C5H10O2S. The summed E-state index contributed by atoms with van der Waals surface area (Å²) in [6.45, 7) is 4.77. The highest BCUT2D eigenvalue weighted by Crippen LogP contribution is 2.12. The van der Waals surface area contributed by atoms with E-state index in [4.69, 9.17) is 0 Å². The lowest BCUT2D eigenvalue weighted by atomic mass is 10.5. The van der Waals surface area contributed by atoms with Crippen molar-refractivity contribution in [2.45, 2.75) is 25.7 Å². The van der Waals surface area contributed by atoms with Gasteiger partial charge in [0.25, 0.3) is 0 Å². The van der Waals surface area contributed by atoms with E-state index in [1.807, 2.05) is 0 Å². The molecule has 0 bridgehead atoms. The van der Waals surface area contributed by atoms with Crippen LogP contribution in [0.15, 0.2) is 0 Å². The summed E-state index contributed by atoms with van der Waals surface area (Å²) in [6, 6.07) is 0. The number of esters is 1. The Hall–Kier alpha value is -0.180. The van der Waals surface area contributed by atoms with E-state index in [0.717, 1.165) is 0 Å². The number of thiol groups is 1. The summed E-state index contributed by atoms with van der Waals surface area (Å²) in [5.41, 5.74) is 0. The molecule has 0 radical (unpaired) electrons. The van der Waals surface area contributed by atoms with Gasteiger partial charge in [0.15, 0.2) is 0 Å². The molecule has 48 valence electrons. The molecular weight excluding hydrogens is 124 g/mol. The van der Waals surface area contributed by atoms with Crippen LogP contribution in [0.2, 0.25) is 0 Å². The Balaban J connectivity index is 3.55. The van der Waals surface area contributed by atoms with Crippen molar-refractivity contribution < 1.29 is 9.53 Å². The Labute approximate surface area is 54.6 Å². The first-order chi connectivity index (χ1) is 3.42. The lowest BCUT2D eigenvalue weighted by Gasteiger charge is -2.16. The first-order valence-electron chi connectivity index (χ1n) is 2.34. The molecule has 0 aromatic heterocycles. The minimum absolute atomic E-state index is 0.301. The Bertz CT molecular complexity index is 93.1. The molecule has 0 aliphatic rings. The first-order valence-corrected chi connectivity index (χ1v) is 2.78. The van der Waals surface area contributed by atoms with Gasteiger partial charge in [0.1, 0.15) is 4.93 Å². The van der Waals surface area contributed by atoms with Crippen molar-refractivity contribution in [2.24, 2.45) is 0 Å². The van der Waals surface area contributed by atoms with Crippen LogP contribution in [0, 0.1) is 0 Å². The van der Waals surface area contributed by atoms with Gasteiger partial charge in [-0.1, -0.05) is 0 Å². The van der Waals surface area contributed by atoms with Gasteiger partial charge < -0.3 is 4.74 Å². The van der Waals surface area contributed by atoms with Gasteiger partial charge in [0.05, 0.1) is 0 Å². The second kappa shape index (κ2) is 2.40. The average molecular weight is 134 g/mol. The molecule has 0 N–H and O–H groups in total. The van der Waals surface area contributed by atoms with Gasteiger partial charge in [-0.05, 0) is 13.8 Å². The summed E-state index contributed by atoms with van der Waals surface area (Å²) in [5.74, 6) is -0.301. The maximum Gasteiger partial charge on any atom is 0.303 e. The number of carbonyl (C=O) groups is 1. The van der Waals surface area contributed by atoms with Crippen LogP contribution >= 0.6 is 12.6 Å². The van der Waals surface area contributed by atoms with E-state index in [9.17, 15) is 4.79 Å². The zero-order valence-electron chi connectivity index (χ0n) is 5.26. The zero-order valence-corrected chi connectivity index (χ0v) is 6.16. The van der Waals surface area contributed by atoms with Crippen molar-refractivity contribution in [3.8, 4) is 0 Å². The highest BCUT2D eigenvalue weighted by Gasteiger charge is 2.13. The normalized spacial score (nSPS) is 11.0. The van der Waals surface area contributed by atoms with Gasteiger partial charge in [0.2, 0.25) is 0 Å². The van der Waals surface area contributed by atoms with Gasteiger partial charge in [-0.15, -0.1) is 12.6 Å². The summed E-state index contributed by atoms with van der Waals surface area (Å²) in [5, 5.41) is 0. The molecule has 0 saturated carbocycles.